The highest BCUT2D eigenvalue weighted by atomic mass is 31.2. The zero-order chi connectivity index (χ0) is 75.5. The summed E-state index contributed by atoms with van der Waals surface area (Å²) in [6, 6.07) is 0. The molecule has 0 aliphatic rings. The highest BCUT2D eigenvalue weighted by molar-refractivity contribution is 7.47. The van der Waals surface area contributed by atoms with Gasteiger partial charge in [-0.3, -0.25) is 37.3 Å². The van der Waals surface area contributed by atoms with E-state index in [1.165, 1.54) is 276 Å². The molecule has 0 spiro atoms. The predicted octanol–water partition coefficient (Wildman–Crippen LogP) is 25.6. The fraction of sp³-hybridized carbons (Fsp3) is 0.952. The Morgan fingerprint density at radius 2 is 0.466 bits per heavy atom. The average molecular weight is 1510 g/mol. The maximum atomic E-state index is 13.1. The average Bonchev–Trinajstić information content (AvgIpc) is 1.04. The van der Waals surface area contributed by atoms with Crippen molar-refractivity contribution in [3.8, 4) is 0 Å². The zero-order valence-corrected chi connectivity index (χ0v) is 69.3. The number of phosphoric acid groups is 2. The van der Waals surface area contributed by atoms with Crippen LogP contribution in [0.25, 0.3) is 0 Å². The first-order valence-corrected chi connectivity index (χ1v) is 46.7. The van der Waals surface area contributed by atoms with Gasteiger partial charge in [-0.2, -0.15) is 0 Å². The molecule has 0 saturated heterocycles. The molecular weight excluding hydrogens is 1340 g/mol. The third-order valence-corrected chi connectivity index (χ3v) is 22.0. The molecule has 0 aliphatic carbocycles. The minimum absolute atomic E-state index is 0.108. The summed E-state index contributed by atoms with van der Waals surface area (Å²) in [5.74, 6) is -1.32. The molecule has 0 bridgehead atoms. The number of aliphatic hydroxyl groups is 1. The lowest BCUT2D eigenvalue weighted by Crippen LogP contribution is -2.30. The zero-order valence-electron chi connectivity index (χ0n) is 67.5. The lowest BCUT2D eigenvalue weighted by Gasteiger charge is -2.21. The molecule has 0 saturated carbocycles. The molecule has 0 rings (SSSR count). The van der Waals surface area contributed by atoms with Crippen LogP contribution in [0, 0.1) is 5.92 Å². The predicted molar refractivity (Wildman–Crippen MR) is 423 cm³/mol. The molecule has 0 amide bonds. The molecule has 0 aromatic heterocycles. The molecule has 19 heteroatoms. The van der Waals surface area contributed by atoms with E-state index in [0.717, 1.165) is 95.8 Å². The summed E-state index contributed by atoms with van der Waals surface area (Å²) < 4.78 is 68.9. The van der Waals surface area contributed by atoms with Crippen molar-refractivity contribution in [3.05, 3.63) is 0 Å². The first-order chi connectivity index (χ1) is 50.1. The van der Waals surface area contributed by atoms with Gasteiger partial charge in [0.05, 0.1) is 26.4 Å². The van der Waals surface area contributed by atoms with Crippen LogP contribution in [0.5, 0.6) is 0 Å². The molecule has 6 atom stereocenters. The number of phosphoric ester groups is 2. The van der Waals surface area contributed by atoms with E-state index in [1.54, 1.807) is 0 Å². The van der Waals surface area contributed by atoms with Crippen LogP contribution in [-0.2, 0) is 65.4 Å². The lowest BCUT2D eigenvalue weighted by molar-refractivity contribution is -0.161. The van der Waals surface area contributed by atoms with Gasteiger partial charge in [0, 0.05) is 25.7 Å². The van der Waals surface area contributed by atoms with Crippen LogP contribution in [0.2, 0.25) is 0 Å². The van der Waals surface area contributed by atoms with Gasteiger partial charge >= 0.3 is 39.5 Å². The van der Waals surface area contributed by atoms with Crippen LogP contribution in [0.3, 0.4) is 0 Å². The Bertz CT molecular complexity index is 1960. The van der Waals surface area contributed by atoms with E-state index in [2.05, 4.69) is 34.6 Å². The Kier molecular flexibility index (Phi) is 75.4. The minimum Gasteiger partial charge on any atom is -0.462 e. The van der Waals surface area contributed by atoms with Gasteiger partial charge in [-0.25, -0.2) is 9.13 Å². The van der Waals surface area contributed by atoms with E-state index >= 15 is 0 Å². The number of hydrogen-bond donors (Lipinski definition) is 3. The van der Waals surface area contributed by atoms with Crippen LogP contribution in [0.1, 0.15) is 452 Å². The molecule has 0 aromatic carbocycles. The Morgan fingerprint density at radius 1 is 0.272 bits per heavy atom. The second-order valence-electron chi connectivity index (χ2n) is 30.5. The van der Waals surface area contributed by atoms with Crippen LogP contribution in [0.15, 0.2) is 0 Å². The fourth-order valence-corrected chi connectivity index (χ4v) is 14.7. The van der Waals surface area contributed by atoms with Crippen molar-refractivity contribution in [2.75, 3.05) is 39.6 Å². The Labute approximate surface area is 632 Å². The number of rotatable bonds is 84. The maximum absolute atomic E-state index is 13.1. The summed E-state index contributed by atoms with van der Waals surface area (Å²) in [5.41, 5.74) is 0. The molecule has 17 nitrogen and oxygen atoms in total. The van der Waals surface area contributed by atoms with E-state index in [4.69, 9.17) is 37.0 Å². The van der Waals surface area contributed by atoms with Crippen molar-refractivity contribution in [2.24, 2.45) is 5.92 Å². The SMILES string of the molecule is CCCCCCCCCCCCCCCCCCCCCC(=O)O[C@H](COC(=O)CCCCCCCCCCCCCCCCCCCC)COP(=O)(O)OC[C@@H](O)COP(=O)(O)OC[C@@H](COC(=O)CCCCCCCCCCC(C)CC)OC(=O)CCCCCCCCCCCCCCCC. The first kappa shape index (κ1) is 101. The third-order valence-electron chi connectivity index (χ3n) is 20.1. The van der Waals surface area contributed by atoms with Crippen molar-refractivity contribution in [1.29, 1.82) is 0 Å². The Balaban J connectivity index is 5.25. The molecule has 0 aromatic rings. The number of aliphatic hydroxyl groups excluding tert-OH is 1. The second-order valence-corrected chi connectivity index (χ2v) is 33.4. The highest BCUT2D eigenvalue weighted by Gasteiger charge is 2.30. The van der Waals surface area contributed by atoms with Crippen molar-refractivity contribution < 1.29 is 80.2 Å². The summed E-state index contributed by atoms with van der Waals surface area (Å²) in [7, 11) is -9.92. The van der Waals surface area contributed by atoms with Crippen molar-refractivity contribution in [2.45, 2.75) is 470 Å². The lowest BCUT2D eigenvalue weighted by atomic mass is 9.99. The quantitative estimate of drug-likeness (QED) is 0.0222. The monoisotopic (exact) mass is 1510 g/mol. The standard InChI is InChI=1S/C84H164O17P2/c1-6-10-13-16-19-22-25-28-31-33-35-37-39-42-45-48-55-60-65-70-84(89)100-79(73-94-81(86)67-62-57-52-46-43-41-38-36-34-32-29-26-23-20-17-14-11-7-2)75-98-102(90,91)96-71-78(85)72-97-103(92,93)99-76-80(74-95-82(87)68-63-58-53-50-49-51-56-61-66-77(5)9-4)101-83(88)69-64-59-54-47-44-40-30-27-24-21-18-15-12-8-3/h77-80,85H,6-76H2,1-5H3,(H,90,91)(H,92,93)/t77?,78-,79-,80-/m1/s1. The maximum Gasteiger partial charge on any atom is 0.472 e. The van der Waals surface area contributed by atoms with Gasteiger partial charge in [0.25, 0.3) is 0 Å². The van der Waals surface area contributed by atoms with E-state index in [-0.39, 0.29) is 25.7 Å². The molecule has 0 heterocycles. The summed E-state index contributed by atoms with van der Waals surface area (Å²) in [5, 5.41) is 10.7. The van der Waals surface area contributed by atoms with Gasteiger partial charge in [-0.05, 0) is 31.6 Å². The second kappa shape index (κ2) is 76.8. The number of unbranched alkanes of at least 4 members (excludes halogenated alkanes) is 55. The third kappa shape index (κ3) is 76.6. The number of esters is 4. The van der Waals surface area contributed by atoms with Gasteiger partial charge in [-0.15, -0.1) is 0 Å². The van der Waals surface area contributed by atoms with Crippen LogP contribution < -0.4 is 0 Å². The van der Waals surface area contributed by atoms with E-state index in [9.17, 15) is 43.2 Å². The van der Waals surface area contributed by atoms with E-state index < -0.39 is 97.5 Å². The van der Waals surface area contributed by atoms with Crippen molar-refractivity contribution in [3.63, 3.8) is 0 Å². The molecule has 0 radical (unpaired) electrons. The van der Waals surface area contributed by atoms with Crippen molar-refractivity contribution in [1.82, 2.24) is 0 Å². The van der Waals surface area contributed by atoms with Crippen LogP contribution >= 0.6 is 15.6 Å². The number of carbonyl (C=O) groups is 4. The van der Waals surface area contributed by atoms with Gasteiger partial charge < -0.3 is 33.8 Å². The Morgan fingerprint density at radius 3 is 0.689 bits per heavy atom. The van der Waals surface area contributed by atoms with E-state index in [1.807, 2.05) is 0 Å². The fourth-order valence-electron chi connectivity index (χ4n) is 13.1. The summed E-state index contributed by atoms with van der Waals surface area (Å²) in [6.07, 6.45) is 69.3. The van der Waals surface area contributed by atoms with Crippen molar-refractivity contribution >= 4 is 39.5 Å². The van der Waals surface area contributed by atoms with Gasteiger partial charge in [-0.1, -0.05) is 401 Å². The van der Waals surface area contributed by atoms with Gasteiger partial charge in [0.15, 0.2) is 12.2 Å². The topological polar surface area (TPSA) is 237 Å². The number of ether oxygens (including phenoxy) is 4. The summed E-state index contributed by atoms with van der Waals surface area (Å²) in [6.45, 7) is 7.36. The van der Waals surface area contributed by atoms with Crippen LogP contribution in [-0.4, -0.2) is 96.7 Å². The summed E-state index contributed by atoms with van der Waals surface area (Å²) in [4.78, 5) is 73.2. The van der Waals surface area contributed by atoms with Gasteiger partial charge in [0.1, 0.15) is 19.3 Å². The summed E-state index contributed by atoms with van der Waals surface area (Å²) >= 11 is 0. The molecule has 612 valence electrons. The molecule has 3 unspecified atom stereocenters. The molecular formula is C84H164O17P2. The molecule has 0 fully saturated rings. The first-order valence-electron chi connectivity index (χ1n) is 43.7. The number of carbonyl (C=O) groups excluding carboxylic acids is 4. The molecule has 0 aliphatic heterocycles. The molecule has 103 heavy (non-hydrogen) atoms. The van der Waals surface area contributed by atoms with Gasteiger partial charge in [0.2, 0.25) is 0 Å². The largest absolute Gasteiger partial charge is 0.472 e. The van der Waals surface area contributed by atoms with E-state index in [0.29, 0.717) is 25.7 Å². The smallest absolute Gasteiger partial charge is 0.462 e. The minimum atomic E-state index is -4.96. The van der Waals surface area contributed by atoms with Crippen LogP contribution in [0.4, 0.5) is 0 Å². The highest BCUT2D eigenvalue weighted by Crippen LogP contribution is 2.45. The number of hydrogen-bond acceptors (Lipinski definition) is 15. The Hall–Kier alpha value is -1.94. The molecule has 3 N–H and O–H groups in total. The normalized spacial score (nSPS) is 14.1.